The number of hydrogen-bond donors (Lipinski definition) is 1. The number of hydrogen-bond acceptors (Lipinski definition) is 4. The maximum absolute atomic E-state index is 12.4. The van der Waals surface area contributed by atoms with E-state index in [-0.39, 0.29) is 4.90 Å². The number of rotatable bonds is 2. The van der Waals surface area contributed by atoms with Crippen LogP contribution < -0.4 is 5.73 Å². The van der Waals surface area contributed by atoms with Gasteiger partial charge in [-0.15, -0.1) is 0 Å². The maximum atomic E-state index is 12.4. The fourth-order valence-corrected chi connectivity index (χ4v) is 3.62. The van der Waals surface area contributed by atoms with Crippen LogP contribution >= 0.6 is 0 Å². The summed E-state index contributed by atoms with van der Waals surface area (Å²) in [5.41, 5.74) is 8.34. The van der Waals surface area contributed by atoms with E-state index in [0.717, 1.165) is 11.1 Å². The third-order valence-corrected chi connectivity index (χ3v) is 4.99. The van der Waals surface area contributed by atoms with Crippen LogP contribution in [0.5, 0.6) is 0 Å². The smallest absolute Gasteiger partial charge is 0.246 e. The zero-order chi connectivity index (χ0) is 13.6. The average molecular weight is 278 g/mol. The lowest BCUT2D eigenvalue weighted by atomic mass is 10.1. The van der Waals surface area contributed by atoms with Crippen LogP contribution in [0.25, 0.3) is 0 Å². The standard InChI is InChI=1S/C12H14N4O2S/c1-15-8-12(5-14-15)19(17,18)16-6-9-2-3-11(13)4-10(9)7-16/h2-5,8H,6-7,13H2,1H3. The molecule has 1 aromatic heterocycles. The van der Waals surface area contributed by atoms with Gasteiger partial charge < -0.3 is 5.73 Å². The SMILES string of the molecule is Cn1cc(S(=O)(=O)N2Cc3ccc(N)cc3C2)cn1. The van der Waals surface area contributed by atoms with Crippen LogP contribution in [-0.4, -0.2) is 22.5 Å². The van der Waals surface area contributed by atoms with Crippen molar-refractivity contribution in [1.82, 2.24) is 14.1 Å². The number of anilines is 1. The molecule has 0 saturated carbocycles. The van der Waals surface area contributed by atoms with Crippen molar-refractivity contribution in [2.24, 2.45) is 7.05 Å². The largest absolute Gasteiger partial charge is 0.399 e. The predicted octanol–water partition coefficient (Wildman–Crippen LogP) is 0.707. The van der Waals surface area contributed by atoms with E-state index in [2.05, 4.69) is 5.10 Å². The molecule has 0 radical (unpaired) electrons. The zero-order valence-corrected chi connectivity index (χ0v) is 11.3. The molecule has 1 aliphatic heterocycles. The Morgan fingerprint density at radius 2 is 2.00 bits per heavy atom. The second-order valence-corrected chi connectivity index (χ2v) is 6.59. The van der Waals surface area contributed by atoms with Crippen LogP contribution in [0.3, 0.4) is 0 Å². The molecule has 0 spiro atoms. The van der Waals surface area contributed by atoms with Crippen LogP contribution in [0.15, 0.2) is 35.5 Å². The number of fused-ring (bicyclic) bond motifs is 1. The van der Waals surface area contributed by atoms with Crippen molar-refractivity contribution in [2.75, 3.05) is 5.73 Å². The van der Waals surface area contributed by atoms with Gasteiger partial charge in [0.1, 0.15) is 4.90 Å². The van der Waals surface area contributed by atoms with Gasteiger partial charge in [-0.05, 0) is 23.3 Å². The predicted molar refractivity (Wildman–Crippen MR) is 70.5 cm³/mol. The highest BCUT2D eigenvalue weighted by Crippen LogP contribution is 2.29. The Bertz CT molecular complexity index is 736. The van der Waals surface area contributed by atoms with Crippen molar-refractivity contribution in [1.29, 1.82) is 0 Å². The first-order valence-corrected chi connectivity index (χ1v) is 7.27. The van der Waals surface area contributed by atoms with Gasteiger partial charge in [0, 0.05) is 32.0 Å². The van der Waals surface area contributed by atoms with E-state index in [1.807, 2.05) is 12.1 Å². The van der Waals surface area contributed by atoms with E-state index < -0.39 is 10.0 Å². The third kappa shape index (κ3) is 2.00. The van der Waals surface area contributed by atoms with E-state index in [4.69, 9.17) is 5.73 Å². The lowest BCUT2D eigenvalue weighted by Crippen LogP contribution is -2.25. The maximum Gasteiger partial charge on any atom is 0.246 e. The highest BCUT2D eigenvalue weighted by Gasteiger charge is 2.31. The Hall–Kier alpha value is -1.86. The lowest BCUT2D eigenvalue weighted by molar-refractivity contribution is 0.431. The molecule has 2 aromatic rings. The minimum Gasteiger partial charge on any atom is -0.399 e. The number of aromatic nitrogens is 2. The van der Waals surface area contributed by atoms with Crippen LogP contribution in [0.1, 0.15) is 11.1 Å². The van der Waals surface area contributed by atoms with Crippen LogP contribution in [-0.2, 0) is 30.2 Å². The summed E-state index contributed by atoms with van der Waals surface area (Å²) in [6, 6.07) is 5.50. The van der Waals surface area contributed by atoms with Crippen molar-refractivity contribution in [3.8, 4) is 0 Å². The first-order valence-electron chi connectivity index (χ1n) is 5.83. The number of nitrogens with two attached hydrogens (primary N) is 1. The molecule has 2 N–H and O–H groups in total. The summed E-state index contributed by atoms with van der Waals surface area (Å²) in [6.07, 6.45) is 2.87. The Balaban J connectivity index is 1.94. The van der Waals surface area contributed by atoms with Gasteiger partial charge in [-0.1, -0.05) is 6.07 Å². The molecule has 7 heteroatoms. The first kappa shape index (κ1) is 12.2. The van der Waals surface area contributed by atoms with Crippen LogP contribution in [0.4, 0.5) is 5.69 Å². The molecule has 1 aromatic carbocycles. The summed E-state index contributed by atoms with van der Waals surface area (Å²) in [4.78, 5) is 0.218. The summed E-state index contributed by atoms with van der Waals surface area (Å²) in [6.45, 7) is 0.741. The van der Waals surface area contributed by atoms with Gasteiger partial charge >= 0.3 is 0 Å². The fraction of sp³-hybridized carbons (Fsp3) is 0.250. The quantitative estimate of drug-likeness (QED) is 0.820. The average Bonchev–Trinajstić information content (AvgIpc) is 2.95. The van der Waals surface area contributed by atoms with Gasteiger partial charge in [-0.2, -0.15) is 9.40 Å². The molecule has 0 saturated heterocycles. The molecule has 0 amide bonds. The fourth-order valence-electron chi connectivity index (χ4n) is 2.23. The number of nitrogens with zero attached hydrogens (tertiary/aromatic N) is 3. The molecule has 2 heterocycles. The van der Waals surface area contributed by atoms with Gasteiger partial charge in [0.15, 0.2) is 0 Å². The Morgan fingerprint density at radius 3 is 2.68 bits per heavy atom. The molecule has 0 atom stereocenters. The van der Waals surface area contributed by atoms with E-state index >= 15 is 0 Å². The number of aryl methyl sites for hydroxylation is 1. The molecule has 6 nitrogen and oxygen atoms in total. The highest BCUT2D eigenvalue weighted by molar-refractivity contribution is 7.89. The third-order valence-electron chi connectivity index (χ3n) is 3.24. The summed E-state index contributed by atoms with van der Waals surface area (Å²) >= 11 is 0. The number of sulfonamides is 1. The highest BCUT2D eigenvalue weighted by atomic mass is 32.2. The van der Waals surface area contributed by atoms with Gasteiger partial charge in [-0.25, -0.2) is 8.42 Å². The molecular weight excluding hydrogens is 264 g/mol. The minimum atomic E-state index is -3.49. The summed E-state index contributed by atoms with van der Waals surface area (Å²) in [5.74, 6) is 0. The van der Waals surface area contributed by atoms with Crippen molar-refractivity contribution in [3.05, 3.63) is 41.7 Å². The summed E-state index contributed by atoms with van der Waals surface area (Å²) < 4.78 is 27.8. The molecule has 0 bridgehead atoms. The second-order valence-electron chi connectivity index (χ2n) is 4.65. The van der Waals surface area contributed by atoms with Crippen LogP contribution in [0.2, 0.25) is 0 Å². The van der Waals surface area contributed by atoms with Crippen molar-refractivity contribution < 1.29 is 8.42 Å². The van der Waals surface area contributed by atoms with Crippen molar-refractivity contribution in [2.45, 2.75) is 18.0 Å². The van der Waals surface area contributed by atoms with Crippen molar-refractivity contribution >= 4 is 15.7 Å². The van der Waals surface area contributed by atoms with E-state index in [1.165, 1.54) is 21.4 Å². The molecule has 0 aliphatic carbocycles. The minimum absolute atomic E-state index is 0.218. The number of nitrogen functional groups attached to an aromatic ring is 1. The lowest BCUT2D eigenvalue weighted by Gasteiger charge is -2.13. The van der Waals surface area contributed by atoms with E-state index in [9.17, 15) is 8.42 Å². The molecular formula is C12H14N4O2S. The molecule has 0 fully saturated rings. The van der Waals surface area contributed by atoms with Crippen LogP contribution in [0, 0.1) is 0 Å². The van der Waals surface area contributed by atoms with E-state index in [0.29, 0.717) is 18.8 Å². The molecule has 19 heavy (non-hydrogen) atoms. The van der Waals surface area contributed by atoms with E-state index in [1.54, 1.807) is 13.1 Å². The monoisotopic (exact) mass is 278 g/mol. The second kappa shape index (κ2) is 4.07. The first-order chi connectivity index (χ1) is 8.96. The Kier molecular flexibility index (Phi) is 2.61. The topological polar surface area (TPSA) is 81.2 Å². The Morgan fingerprint density at radius 1 is 1.26 bits per heavy atom. The molecule has 3 rings (SSSR count). The normalized spacial score (nSPS) is 15.6. The van der Waals surface area contributed by atoms with Gasteiger partial charge in [0.2, 0.25) is 10.0 Å². The number of benzene rings is 1. The summed E-state index contributed by atoms with van der Waals surface area (Å²) in [5, 5.41) is 3.91. The zero-order valence-electron chi connectivity index (χ0n) is 10.4. The molecule has 0 unspecified atom stereocenters. The van der Waals surface area contributed by atoms with Gasteiger partial charge in [0.05, 0.1) is 6.20 Å². The molecule has 1 aliphatic rings. The summed E-state index contributed by atoms with van der Waals surface area (Å²) in [7, 11) is -1.80. The van der Waals surface area contributed by atoms with Crippen molar-refractivity contribution in [3.63, 3.8) is 0 Å². The van der Waals surface area contributed by atoms with Gasteiger partial charge in [0.25, 0.3) is 0 Å². The molecule has 100 valence electrons. The van der Waals surface area contributed by atoms with Gasteiger partial charge in [-0.3, -0.25) is 4.68 Å². The Labute approximate surface area is 111 Å².